The van der Waals surface area contributed by atoms with Crippen molar-refractivity contribution < 1.29 is 13.9 Å². The Morgan fingerprint density at radius 3 is 3.11 bits per heavy atom. The first-order valence-electron chi connectivity index (χ1n) is 8.90. The number of fused-ring (bicyclic) bond motifs is 2. The van der Waals surface area contributed by atoms with Crippen molar-refractivity contribution in [2.24, 2.45) is 0 Å². The molecule has 0 spiro atoms. The zero-order chi connectivity index (χ0) is 18.4. The minimum atomic E-state index is -0.249. The van der Waals surface area contributed by atoms with Crippen molar-refractivity contribution in [2.75, 3.05) is 32.1 Å². The first-order chi connectivity index (χ1) is 13.2. The van der Waals surface area contributed by atoms with E-state index in [9.17, 15) is 4.39 Å². The van der Waals surface area contributed by atoms with Crippen LogP contribution in [0, 0.1) is 5.82 Å². The highest BCUT2D eigenvalue weighted by atomic mass is 19.1. The van der Waals surface area contributed by atoms with Crippen LogP contribution in [0.15, 0.2) is 24.7 Å². The second-order valence-electron chi connectivity index (χ2n) is 6.89. The predicted octanol–water partition coefficient (Wildman–Crippen LogP) is 1.50. The van der Waals surface area contributed by atoms with Crippen LogP contribution < -0.4 is 14.8 Å². The van der Waals surface area contributed by atoms with Gasteiger partial charge in [0.1, 0.15) is 24.0 Å². The predicted molar refractivity (Wildman–Crippen MR) is 95.6 cm³/mol. The molecule has 0 saturated carbocycles. The van der Waals surface area contributed by atoms with Crippen molar-refractivity contribution in [1.29, 1.82) is 0 Å². The first-order valence-corrected chi connectivity index (χ1v) is 8.90. The smallest absolute Gasteiger partial charge is 0.210 e. The van der Waals surface area contributed by atoms with Crippen LogP contribution in [0.4, 0.5) is 10.3 Å². The van der Waals surface area contributed by atoms with Crippen molar-refractivity contribution >= 4 is 11.6 Å². The highest BCUT2D eigenvalue weighted by molar-refractivity contribution is 5.56. The molecule has 0 radical (unpaired) electrons. The Morgan fingerprint density at radius 2 is 2.26 bits per heavy atom. The number of hydrogen-bond donors (Lipinski definition) is 1. The second kappa shape index (κ2) is 6.34. The molecule has 0 aliphatic carbocycles. The molecule has 9 heteroatoms. The topological polar surface area (TPSA) is 76.8 Å². The average molecular weight is 370 g/mol. The van der Waals surface area contributed by atoms with E-state index in [1.807, 2.05) is 7.05 Å². The van der Waals surface area contributed by atoms with Crippen LogP contribution in [0.1, 0.15) is 11.1 Å². The second-order valence-corrected chi connectivity index (χ2v) is 6.89. The molecule has 1 saturated heterocycles. The maximum absolute atomic E-state index is 14.3. The number of likely N-dealkylation sites (N-methyl/N-ethyl adjacent to an activating group) is 1. The number of rotatable bonds is 5. The third-order valence-corrected chi connectivity index (χ3v) is 4.99. The fourth-order valence-electron chi connectivity index (χ4n) is 3.58. The van der Waals surface area contributed by atoms with E-state index in [0.29, 0.717) is 42.5 Å². The molecule has 0 atom stereocenters. The van der Waals surface area contributed by atoms with E-state index in [4.69, 9.17) is 9.47 Å². The van der Waals surface area contributed by atoms with E-state index >= 15 is 0 Å². The van der Waals surface area contributed by atoms with Crippen molar-refractivity contribution in [3.8, 4) is 11.5 Å². The molecule has 2 aliphatic heterocycles. The summed E-state index contributed by atoms with van der Waals surface area (Å²) in [7, 11) is 2.04. The van der Waals surface area contributed by atoms with Crippen LogP contribution in [0.25, 0.3) is 5.65 Å². The summed E-state index contributed by atoms with van der Waals surface area (Å²) in [5, 5.41) is 11.3. The number of hydrogen-bond acceptors (Lipinski definition) is 7. The van der Waals surface area contributed by atoms with E-state index in [1.165, 1.54) is 6.07 Å². The van der Waals surface area contributed by atoms with Crippen molar-refractivity contribution in [1.82, 2.24) is 24.5 Å². The summed E-state index contributed by atoms with van der Waals surface area (Å²) in [5.41, 5.74) is 2.10. The number of anilines is 1. The van der Waals surface area contributed by atoms with Crippen molar-refractivity contribution in [3.05, 3.63) is 41.6 Å². The Hall–Kier alpha value is -2.94. The lowest BCUT2D eigenvalue weighted by Crippen LogP contribution is -2.51. The van der Waals surface area contributed by atoms with Gasteiger partial charge >= 0.3 is 0 Å². The van der Waals surface area contributed by atoms with E-state index in [1.54, 1.807) is 23.0 Å². The molecule has 140 valence electrons. The maximum Gasteiger partial charge on any atom is 0.210 e. The number of nitrogens with zero attached hydrogens (tertiary/aromatic N) is 5. The molecule has 27 heavy (non-hydrogen) atoms. The molecular formula is C18H19FN6O2. The van der Waals surface area contributed by atoms with Gasteiger partial charge in [0.15, 0.2) is 5.75 Å². The van der Waals surface area contributed by atoms with Gasteiger partial charge in [-0.2, -0.15) is 0 Å². The number of benzene rings is 1. The Kier molecular flexibility index (Phi) is 3.82. The van der Waals surface area contributed by atoms with Crippen molar-refractivity contribution in [3.63, 3.8) is 0 Å². The molecule has 1 N–H and O–H groups in total. The van der Waals surface area contributed by atoms with Gasteiger partial charge in [0, 0.05) is 37.2 Å². The Balaban J connectivity index is 1.39. The largest absolute Gasteiger partial charge is 0.493 e. The number of halogens is 1. The van der Waals surface area contributed by atoms with Crippen molar-refractivity contribution in [2.45, 2.75) is 19.1 Å². The number of nitrogens with one attached hydrogen (secondary N) is 1. The summed E-state index contributed by atoms with van der Waals surface area (Å²) in [4.78, 5) is 6.60. The quantitative estimate of drug-likeness (QED) is 0.729. The lowest BCUT2D eigenvalue weighted by atomic mass is 10.0. The minimum Gasteiger partial charge on any atom is -0.493 e. The summed E-state index contributed by atoms with van der Waals surface area (Å²) >= 11 is 0. The molecule has 2 aromatic heterocycles. The molecule has 4 heterocycles. The Labute approximate surface area is 154 Å². The van der Waals surface area contributed by atoms with Gasteiger partial charge in [-0.25, -0.2) is 13.8 Å². The van der Waals surface area contributed by atoms with Gasteiger partial charge in [-0.05, 0) is 19.2 Å². The van der Waals surface area contributed by atoms with Gasteiger partial charge in [0.25, 0.3) is 0 Å². The van der Waals surface area contributed by atoms with E-state index in [2.05, 4.69) is 25.4 Å². The number of likely N-dealkylation sites (tertiary alicyclic amines) is 1. The molecule has 3 aromatic rings. The summed E-state index contributed by atoms with van der Waals surface area (Å²) < 4.78 is 27.5. The Morgan fingerprint density at radius 1 is 1.37 bits per heavy atom. The minimum absolute atomic E-state index is 0.136. The van der Waals surface area contributed by atoms with Gasteiger partial charge in [-0.3, -0.25) is 4.90 Å². The highest BCUT2D eigenvalue weighted by Gasteiger charge is 2.26. The molecule has 8 nitrogen and oxygen atoms in total. The number of aromatic nitrogens is 4. The molecule has 1 fully saturated rings. The van der Waals surface area contributed by atoms with Crippen LogP contribution in [0.2, 0.25) is 0 Å². The fraction of sp³-hybridized carbons (Fsp3) is 0.389. The normalized spacial score (nSPS) is 16.8. The van der Waals surface area contributed by atoms with Gasteiger partial charge in [-0.15, -0.1) is 10.2 Å². The van der Waals surface area contributed by atoms with Gasteiger partial charge in [0.2, 0.25) is 11.6 Å². The fourth-order valence-corrected chi connectivity index (χ4v) is 3.58. The molecule has 5 rings (SSSR count). The van der Waals surface area contributed by atoms with Gasteiger partial charge in [0.05, 0.1) is 12.8 Å². The lowest BCUT2D eigenvalue weighted by molar-refractivity contribution is 0.0393. The van der Waals surface area contributed by atoms with Crippen LogP contribution >= 0.6 is 0 Å². The van der Waals surface area contributed by atoms with Crippen LogP contribution in [-0.4, -0.2) is 57.3 Å². The standard InChI is InChI=1S/C18H19FN6O2/c1-24-8-11(9-24)27-16-7-21-18(25-10-22-23-17(16)25)20-6-13-12-4-5-26-15(12)3-2-14(13)19/h2-3,7,10-11H,4-6,8-9H2,1H3,(H,20,21). The molecule has 2 aliphatic rings. The highest BCUT2D eigenvalue weighted by Crippen LogP contribution is 2.31. The SMILES string of the molecule is CN1CC(Oc2cnc(NCc3c(F)ccc4c3CCO4)n3cnnc23)C1. The van der Waals surface area contributed by atoms with Crippen LogP contribution in [-0.2, 0) is 13.0 Å². The molecule has 0 amide bonds. The van der Waals surface area contributed by atoms with Gasteiger partial charge in [-0.1, -0.05) is 0 Å². The van der Waals surface area contributed by atoms with Gasteiger partial charge < -0.3 is 14.8 Å². The summed E-state index contributed by atoms with van der Waals surface area (Å²) in [6, 6.07) is 3.12. The summed E-state index contributed by atoms with van der Waals surface area (Å²) in [5.74, 6) is 1.63. The third-order valence-electron chi connectivity index (χ3n) is 4.99. The monoisotopic (exact) mass is 370 g/mol. The zero-order valence-corrected chi connectivity index (χ0v) is 14.9. The van der Waals surface area contributed by atoms with E-state index < -0.39 is 0 Å². The third kappa shape index (κ3) is 2.84. The lowest BCUT2D eigenvalue weighted by Gasteiger charge is -2.35. The Bertz CT molecular complexity index is 1000. The number of ether oxygens (including phenoxy) is 2. The van der Waals surface area contributed by atoms with E-state index in [-0.39, 0.29) is 11.9 Å². The maximum atomic E-state index is 14.3. The van der Waals surface area contributed by atoms with Crippen LogP contribution in [0.5, 0.6) is 11.5 Å². The molecule has 0 bridgehead atoms. The zero-order valence-electron chi connectivity index (χ0n) is 14.9. The van der Waals surface area contributed by atoms with Crippen LogP contribution in [0.3, 0.4) is 0 Å². The molecule has 1 aromatic carbocycles. The molecular weight excluding hydrogens is 351 g/mol. The first kappa shape index (κ1) is 16.2. The molecule has 0 unspecified atom stereocenters. The summed E-state index contributed by atoms with van der Waals surface area (Å²) in [6.45, 7) is 2.63. The average Bonchev–Trinajstić information content (AvgIpc) is 3.30. The van der Waals surface area contributed by atoms with E-state index in [0.717, 1.165) is 24.4 Å². The summed E-state index contributed by atoms with van der Waals surface area (Å²) in [6.07, 6.45) is 4.05.